The van der Waals surface area contributed by atoms with Gasteiger partial charge in [0.25, 0.3) is 0 Å². The lowest BCUT2D eigenvalue weighted by molar-refractivity contribution is 0.0341. The van der Waals surface area contributed by atoms with Gasteiger partial charge in [-0.05, 0) is 37.4 Å². The molecule has 2 N–H and O–H groups in total. The number of ether oxygens (including phenoxy) is 1. The standard InChI is InChI=1S/C22H37N5O/c1-19-7-5-6-11-27(19)12-10-24-22(23-2)25-17-20-8-3-4-9-21(20)18-26-13-15-28-16-14-26/h3-4,8-9,19H,5-7,10-18H2,1-2H3,(H2,23,24,25). The fourth-order valence-electron chi connectivity index (χ4n) is 4.09. The molecule has 0 radical (unpaired) electrons. The van der Waals surface area contributed by atoms with Crippen LogP contribution in [0.4, 0.5) is 0 Å². The number of nitrogens with zero attached hydrogens (tertiary/aromatic N) is 3. The molecule has 2 aliphatic rings. The molecular formula is C22H37N5O. The summed E-state index contributed by atoms with van der Waals surface area (Å²) in [6.45, 7) is 11.1. The van der Waals surface area contributed by atoms with Crippen LogP contribution in [0.2, 0.25) is 0 Å². The van der Waals surface area contributed by atoms with E-state index in [1.54, 1.807) is 0 Å². The number of benzene rings is 1. The van der Waals surface area contributed by atoms with Crippen LogP contribution in [-0.2, 0) is 17.8 Å². The van der Waals surface area contributed by atoms with E-state index in [4.69, 9.17) is 4.74 Å². The topological polar surface area (TPSA) is 52.1 Å². The van der Waals surface area contributed by atoms with Crippen LogP contribution in [0, 0.1) is 0 Å². The summed E-state index contributed by atoms with van der Waals surface area (Å²) in [6, 6.07) is 9.41. The fraction of sp³-hybridized carbons (Fsp3) is 0.682. The summed E-state index contributed by atoms with van der Waals surface area (Å²) < 4.78 is 5.47. The molecule has 2 fully saturated rings. The molecule has 2 saturated heterocycles. The van der Waals surface area contributed by atoms with Crippen LogP contribution >= 0.6 is 0 Å². The van der Waals surface area contributed by atoms with Gasteiger partial charge in [-0.1, -0.05) is 30.7 Å². The van der Waals surface area contributed by atoms with E-state index in [9.17, 15) is 0 Å². The monoisotopic (exact) mass is 387 g/mol. The molecule has 2 aliphatic heterocycles. The van der Waals surface area contributed by atoms with E-state index in [1.165, 1.54) is 36.9 Å². The van der Waals surface area contributed by atoms with Crippen molar-refractivity contribution < 1.29 is 4.74 Å². The number of rotatable bonds is 7. The van der Waals surface area contributed by atoms with Crippen LogP contribution in [0.1, 0.15) is 37.3 Å². The van der Waals surface area contributed by atoms with Crippen molar-refractivity contribution in [1.29, 1.82) is 0 Å². The number of piperidine rings is 1. The van der Waals surface area contributed by atoms with Crippen molar-refractivity contribution in [2.24, 2.45) is 4.99 Å². The van der Waals surface area contributed by atoms with E-state index in [0.717, 1.165) is 58.4 Å². The lowest BCUT2D eigenvalue weighted by Gasteiger charge is -2.33. The molecule has 6 nitrogen and oxygen atoms in total. The Morgan fingerprint density at radius 3 is 2.64 bits per heavy atom. The lowest BCUT2D eigenvalue weighted by atomic mass is 10.0. The van der Waals surface area contributed by atoms with Gasteiger partial charge in [0, 0.05) is 52.4 Å². The van der Waals surface area contributed by atoms with Crippen molar-refractivity contribution in [1.82, 2.24) is 20.4 Å². The molecule has 0 bridgehead atoms. The minimum atomic E-state index is 0.706. The highest BCUT2D eigenvalue weighted by atomic mass is 16.5. The Morgan fingerprint density at radius 2 is 1.89 bits per heavy atom. The van der Waals surface area contributed by atoms with Gasteiger partial charge in [0.05, 0.1) is 13.2 Å². The molecule has 6 heteroatoms. The first-order chi connectivity index (χ1) is 13.8. The summed E-state index contributed by atoms with van der Waals surface area (Å²) in [5.74, 6) is 0.880. The largest absolute Gasteiger partial charge is 0.379 e. The fourth-order valence-corrected chi connectivity index (χ4v) is 4.09. The van der Waals surface area contributed by atoms with Crippen LogP contribution in [-0.4, -0.2) is 74.8 Å². The van der Waals surface area contributed by atoms with Gasteiger partial charge in [-0.2, -0.15) is 0 Å². The molecule has 0 aliphatic carbocycles. The Kier molecular flexibility index (Phi) is 8.58. The first-order valence-corrected chi connectivity index (χ1v) is 10.8. The molecule has 1 aromatic carbocycles. The van der Waals surface area contributed by atoms with Crippen LogP contribution in [0.3, 0.4) is 0 Å². The summed E-state index contributed by atoms with van der Waals surface area (Å²) >= 11 is 0. The minimum absolute atomic E-state index is 0.706. The third-order valence-corrected chi connectivity index (χ3v) is 5.92. The normalized spacial score (nSPS) is 22.2. The predicted octanol–water partition coefficient (Wildman–Crippen LogP) is 2.06. The Labute approximate surface area is 170 Å². The highest BCUT2D eigenvalue weighted by Crippen LogP contribution is 2.15. The molecule has 0 saturated carbocycles. The van der Waals surface area contributed by atoms with Crippen molar-refractivity contribution in [3.05, 3.63) is 35.4 Å². The van der Waals surface area contributed by atoms with E-state index in [2.05, 4.69) is 56.6 Å². The maximum atomic E-state index is 5.47. The van der Waals surface area contributed by atoms with Gasteiger partial charge in [0.1, 0.15) is 0 Å². The van der Waals surface area contributed by atoms with Gasteiger partial charge in [-0.25, -0.2) is 0 Å². The van der Waals surface area contributed by atoms with Gasteiger partial charge in [0.2, 0.25) is 0 Å². The van der Waals surface area contributed by atoms with Gasteiger partial charge >= 0.3 is 0 Å². The second-order valence-electron chi connectivity index (χ2n) is 7.89. The van der Waals surface area contributed by atoms with Crippen molar-refractivity contribution in [3.63, 3.8) is 0 Å². The lowest BCUT2D eigenvalue weighted by Crippen LogP contribution is -2.45. The maximum absolute atomic E-state index is 5.47. The quantitative estimate of drug-likeness (QED) is 0.554. The van der Waals surface area contributed by atoms with E-state index in [0.29, 0.717) is 6.04 Å². The zero-order chi connectivity index (χ0) is 19.6. The number of hydrogen-bond donors (Lipinski definition) is 2. The highest BCUT2D eigenvalue weighted by Gasteiger charge is 2.17. The van der Waals surface area contributed by atoms with Gasteiger partial charge in [-0.3, -0.25) is 14.8 Å². The summed E-state index contributed by atoms with van der Waals surface area (Å²) in [5.41, 5.74) is 2.72. The first-order valence-electron chi connectivity index (χ1n) is 10.8. The molecule has 3 rings (SSSR count). The Bertz CT molecular complexity index is 615. The second kappa shape index (κ2) is 11.4. The number of nitrogens with one attached hydrogen (secondary N) is 2. The summed E-state index contributed by atoms with van der Waals surface area (Å²) in [6.07, 6.45) is 4.03. The van der Waals surface area contributed by atoms with E-state index >= 15 is 0 Å². The number of guanidine groups is 1. The molecule has 1 atom stereocenters. The molecule has 0 aromatic heterocycles. The van der Waals surface area contributed by atoms with Crippen molar-refractivity contribution in [3.8, 4) is 0 Å². The van der Waals surface area contributed by atoms with E-state index in [1.807, 2.05) is 7.05 Å². The highest BCUT2D eigenvalue weighted by molar-refractivity contribution is 5.79. The first kappa shape index (κ1) is 21.1. The van der Waals surface area contributed by atoms with Crippen molar-refractivity contribution >= 4 is 5.96 Å². The summed E-state index contributed by atoms with van der Waals surface area (Å²) in [4.78, 5) is 9.45. The van der Waals surface area contributed by atoms with Gasteiger partial charge in [-0.15, -0.1) is 0 Å². The summed E-state index contributed by atoms with van der Waals surface area (Å²) in [7, 11) is 1.85. The molecule has 2 heterocycles. The van der Waals surface area contributed by atoms with E-state index in [-0.39, 0.29) is 0 Å². The predicted molar refractivity (Wildman–Crippen MR) is 116 cm³/mol. The van der Waals surface area contributed by atoms with Crippen LogP contribution in [0.5, 0.6) is 0 Å². The van der Waals surface area contributed by atoms with Crippen molar-refractivity contribution in [2.45, 2.75) is 45.3 Å². The molecule has 1 aromatic rings. The molecule has 0 spiro atoms. The molecule has 28 heavy (non-hydrogen) atoms. The average Bonchev–Trinajstić information content (AvgIpc) is 2.73. The molecule has 1 unspecified atom stereocenters. The van der Waals surface area contributed by atoms with Crippen molar-refractivity contribution in [2.75, 3.05) is 53.0 Å². The third-order valence-electron chi connectivity index (χ3n) is 5.92. The van der Waals surface area contributed by atoms with Crippen LogP contribution in [0.15, 0.2) is 29.3 Å². The van der Waals surface area contributed by atoms with Gasteiger partial charge in [0.15, 0.2) is 5.96 Å². The number of likely N-dealkylation sites (tertiary alicyclic amines) is 1. The Balaban J connectivity index is 1.45. The molecular weight excluding hydrogens is 350 g/mol. The van der Waals surface area contributed by atoms with Gasteiger partial charge < -0.3 is 15.4 Å². The number of morpholine rings is 1. The maximum Gasteiger partial charge on any atom is 0.191 e. The second-order valence-corrected chi connectivity index (χ2v) is 7.89. The Hall–Kier alpha value is -1.63. The summed E-state index contributed by atoms with van der Waals surface area (Å²) in [5, 5.41) is 6.97. The SMILES string of the molecule is CN=C(NCCN1CCCCC1C)NCc1ccccc1CN1CCOCC1. The smallest absolute Gasteiger partial charge is 0.191 e. The third kappa shape index (κ3) is 6.47. The number of aliphatic imine (C=N–C) groups is 1. The Morgan fingerprint density at radius 1 is 1.11 bits per heavy atom. The average molecular weight is 388 g/mol. The van der Waals surface area contributed by atoms with Crippen LogP contribution in [0.25, 0.3) is 0 Å². The molecule has 0 amide bonds. The zero-order valence-electron chi connectivity index (χ0n) is 17.6. The zero-order valence-corrected chi connectivity index (χ0v) is 17.6. The number of hydrogen-bond acceptors (Lipinski definition) is 4. The van der Waals surface area contributed by atoms with Crippen LogP contribution < -0.4 is 10.6 Å². The molecule has 156 valence electrons. The van der Waals surface area contributed by atoms with E-state index < -0.39 is 0 Å². The minimum Gasteiger partial charge on any atom is -0.379 e.